The first-order valence-electron chi connectivity index (χ1n) is 6.83. The molecule has 2 N–H and O–H groups in total. The lowest BCUT2D eigenvalue weighted by Gasteiger charge is -2.14. The van der Waals surface area contributed by atoms with Crippen molar-refractivity contribution in [3.63, 3.8) is 0 Å². The first kappa shape index (κ1) is 17.5. The van der Waals surface area contributed by atoms with Gasteiger partial charge in [0.05, 0.1) is 4.90 Å². The van der Waals surface area contributed by atoms with Crippen molar-refractivity contribution in [2.24, 2.45) is 0 Å². The molecule has 1 atom stereocenters. The SMILES string of the molecule is CCSCCC(C)NS(=O)(=O)c1cccc(CNC)c1. The molecule has 6 heteroatoms. The van der Waals surface area contributed by atoms with Crippen LogP contribution in [-0.4, -0.2) is 33.0 Å². The minimum absolute atomic E-state index is 0.0491. The largest absolute Gasteiger partial charge is 0.316 e. The molecule has 0 amide bonds. The van der Waals surface area contributed by atoms with E-state index in [9.17, 15) is 8.42 Å². The fourth-order valence-electron chi connectivity index (χ4n) is 1.82. The van der Waals surface area contributed by atoms with Crippen LogP contribution in [0.3, 0.4) is 0 Å². The second kappa shape index (κ2) is 8.67. The Balaban J connectivity index is 2.70. The Morgan fingerprint density at radius 3 is 2.75 bits per heavy atom. The molecule has 1 rings (SSSR count). The quantitative estimate of drug-likeness (QED) is 0.686. The Morgan fingerprint density at radius 1 is 1.35 bits per heavy atom. The van der Waals surface area contributed by atoms with Crippen LogP contribution < -0.4 is 10.0 Å². The van der Waals surface area contributed by atoms with Gasteiger partial charge in [0.2, 0.25) is 10.0 Å². The molecule has 0 aliphatic carbocycles. The Hall–Kier alpha value is -0.560. The Labute approximate surface area is 126 Å². The summed E-state index contributed by atoms with van der Waals surface area (Å²) in [7, 11) is -1.58. The molecule has 0 aliphatic heterocycles. The first-order chi connectivity index (χ1) is 9.49. The molecule has 0 saturated carbocycles. The molecule has 114 valence electrons. The molecule has 0 saturated heterocycles. The average Bonchev–Trinajstić information content (AvgIpc) is 2.39. The third-order valence-corrected chi connectivity index (χ3v) is 5.37. The van der Waals surface area contributed by atoms with Gasteiger partial charge in [-0.1, -0.05) is 19.1 Å². The molecule has 20 heavy (non-hydrogen) atoms. The van der Waals surface area contributed by atoms with Crippen molar-refractivity contribution >= 4 is 21.8 Å². The molecule has 0 radical (unpaired) electrons. The van der Waals surface area contributed by atoms with Gasteiger partial charge in [0.15, 0.2) is 0 Å². The number of benzene rings is 1. The van der Waals surface area contributed by atoms with Crippen molar-refractivity contribution < 1.29 is 8.42 Å². The van der Waals surface area contributed by atoms with Crippen LogP contribution >= 0.6 is 11.8 Å². The predicted octanol–water partition coefficient (Wildman–Crippen LogP) is 2.22. The molecule has 1 unspecified atom stereocenters. The van der Waals surface area contributed by atoms with E-state index in [1.165, 1.54) is 0 Å². The molecule has 0 fully saturated rings. The highest BCUT2D eigenvalue weighted by atomic mass is 32.2. The number of thioether (sulfide) groups is 1. The predicted molar refractivity (Wildman–Crippen MR) is 86.6 cm³/mol. The van der Waals surface area contributed by atoms with Crippen molar-refractivity contribution in [1.82, 2.24) is 10.0 Å². The Bertz CT molecular complexity index is 504. The summed E-state index contributed by atoms with van der Waals surface area (Å²) in [5.74, 6) is 2.03. The number of hydrogen-bond acceptors (Lipinski definition) is 4. The van der Waals surface area contributed by atoms with Crippen LogP contribution in [-0.2, 0) is 16.6 Å². The number of hydrogen-bond donors (Lipinski definition) is 2. The number of rotatable bonds is 9. The van der Waals surface area contributed by atoms with Gasteiger partial charge in [-0.05, 0) is 49.6 Å². The van der Waals surface area contributed by atoms with Gasteiger partial charge in [-0.25, -0.2) is 13.1 Å². The maximum Gasteiger partial charge on any atom is 0.240 e. The fourth-order valence-corrected chi connectivity index (χ4v) is 3.98. The van der Waals surface area contributed by atoms with Gasteiger partial charge in [0.1, 0.15) is 0 Å². The minimum Gasteiger partial charge on any atom is -0.316 e. The van der Waals surface area contributed by atoms with E-state index in [0.29, 0.717) is 11.4 Å². The van der Waals surface area contributed by atoms with Gasteiger partial charge < -0.3 is 5.32 Å². The van der Waals surface area contributed by atoms with Gasteiger partial charge in [-0.3, -0.25) is 0 Å². The van der Waals surface area contributed by atoms with Gasteiger partial charge in [0.25, 0.3) is 0 Å². The lowest BCUT2D eigenvalue weighted by atomic mass is 10.2. The zero-order valence-electron chi connectivity index (χ0n) is 12.3. The molecule has 0 aromatic heterocycles. The lowest BCUT2D eigenvalue weighted by molar-refractivity contribution is 0.557. The van der Waals surface area contributed by atoms with Crippen LogP contribution in [0.2, 0.25) is 0 Å². The fraction of sp³-hybridized carbons (Fsp3) is 0.571. The highest BCUT2D eigenvalue weighted by molar-refractivity contribution is 7.99. The summed E-state index contributed by atoms with van der Waals surface area (Å²) >= 11 is 1.82. The Kier molecular flexibility index (Phi) is 7.58. The smallest absolute Gasteiger partial charge is 0.240 e. The molecular weight excluding hydrogens is 292 g/mol. The van der Waals surface area contributed by atoms with Crippen LogP contribution in [0, 0.1) is 0 Å². The van der Waals surface area contributed by atoms with Gasteiger partial charge in [-0.15, -0.1) is 0 Å². The minimum atomic E-state index is -3.42. The Morgan fingerprint density at radius 2 is 2.10 bits per heavy atom. The van der Waals surface area contributed by atoms with E-state index < -0.39 is 10.0 Å². The van der Waals surface area contributed by atoms with Crippen LogP contribution in [0.4, 0.5) is 0 Å². The van der Waals surface area contributed by atoms with Crippen molar-refractivity contribution in [2.75, 3.05) is 18.6 Å². The molecule has 0 aliphatic rings. The molecule has 0 spiro atoms. The number of sulfonamides is 1. The van der Waals surface area contributed by atoms with Crippen molar-refractivity contribution in [1.29, 1.82) is 0 Å². The summed E-state index contributed by atoms with van der Waals surface area (Å²) in [6, 6.07) is 6.99. The number of nitrogens with one attached hydrogen (secondary N) is 2. The van der Waals surface area contributed by atoms with Crippen LogP contribution in [0.25, 0.3) is 0 Å². The third-order valence-electron chi connectivity index (χ3n) is 2.85. The maximum atomic E-state index is 12.3. The molecule has 1 aromatic rings. The first-order valence-corrected chi connectivity index (χ1v) is 9.47. The van der Waals surface area contributed by atoms with E-state index in [1.54, 1.807) is 18.2 Å². The van der Waals surface area contributed by atoms with Gasteiger partial charge in [0, 0.05) is 12.6 Å². The molecule has 4 nitrogen and oxygen atoms in total. The van der Waals surface area contributed by atoms with Crippen molar-refractivity contribution in [3.8, 4) is 0 Å². The molecule has 0 bridgehead atoms. The van der Waals surface area contributed by atoms with Crippen molar-refractivity contribution in [2.45, 2.75) is 37.8 Å². The van der Waals surface area contributed by atoms with Crippen LogP contribution in [0.15, 0.2) is 29.2 Å². The van der Waals surface area contributed by atoms with Crippen LogP contribution in [0.1, 0.15) is 25.8 Å². The zero-order chi connectivity index (χ0) is 15.0. The van der Waals surface area contributed by atoms with E-state index in [0.717, 1.165) is 23.5 Å². The average molecular weight is 316 g/mol. The third kappa shape index (κ3) is 5.83. The van der Waals surface area contributed by atoms with Crippen LogP contribution in [0.5, 0.6) is 0 Å². The monoisotopic (exact) mass is 316 g/mol. The molecule has 1 aromatic carbocycles. The lowest BCUT2D eigenvalue weighted by Crippen LogP contribution is -2.33. The van der Waals surface area contributed by atoms with E-state index in [1.807, 2.05) is 31.8 Å². The summed E-state index contributed by atoms with van der Waals surface area (Å²) in [6.07, 6.45) is 0.841. The summed E-state index contributed by atoms with van der Waals surface area (Å²) in [6.45, 7) is 4.67. The van der Waals surface area contributed by atoms with Gasteiger partial charge in [-0.2, -0.15) is 11.8 Å². The summed E-state index contributed by atoms with van der Waals surface area (Å²) in [4.78, 5) is 0.334. The zero-order valence-corrected chi connectivity index (χ0v) is 14.0. The second-order valence-corrected chi connectivity index (χ2v) is 7.79. The molecule has 0 heterocycles. The van der Waals surface area contributed by atoms with Crippen molar-refractivity contribution in [3.05, 3.63) is 29.8 Å². The van der Waals surface area contributed by atoms with E-state index in [4.69, 9.17) is 0 Å². The normalized spacial score (nSPS) is 13.3. The standard InChI is InChI=1S/C14H24N2O2S2/c1-4-19-9-8-12(2)16-20(17,18)14-7-5-6-13(10-14)11-15-3/h5-7,10,12,15-16H,4,8-9,11H2,1-3H3. The summed E-state index contributed by atoms with van der Waals surface area (Å²) < 4.78 is 27.3. The van der Waals surface area contributed by atoms with Gasteiger partial charge >= 0.3 is 0 Å². The van der Waals surface area contributed by atoms with E-state index in [2.05, 4.69) is 17.0 Å². The van der Waals surface area contributed by atoms with E-state index >= 15 is 0 Å². The summed E-state index contributed by atoms with van der Waals surface area (Å²) in [5.41, 5.74) is 0.963. The second-order valence-electron chi connectivity index (χ2n) is 4.69. The highest BCUT2D eigenvalue weighted by Crippen LogP contribution is 2.13. The maximum absolute atomic E-state index is 12.3. The topological polar surface area (TPSA) is 58.2 Å². The highest BCUT2D eigenvalue weighted by Gasteiger charge is 2.17. The van der Waals surface area contributed by atoms with E-state index in [-0.39, 0.29) is 6.04 Å². The molecular formula is C14H24N2O2S2. The summed E-state index contributed by atoms with van der Waals surface area (Å²) in [5, 5.41) is 3.02.